The summed E-state index contributed by atoms with van der Waals surface area (Å²) in [7, 11) is 1.93. The van der Waals surface area contributed by atoms with Crippen LogP contribution in [0.5, 0.6) is 5.75 Å². The SMILES string of the molecule is CCNC(=NCCCOc1ccccc1)NCCc1cnn(C)c1.I. The Morgan fingerprint density at radius 1 is 1.24 bits per heavy atom. The van der Waals surface area contributed by atoms with E-state index in [9.17, 15) is 0 Å². The Labute approximate surface area is 167 Å². The van der Waals surface area contributed by atoms with Crippen molar-refractivity contribution in [1.82, 2.24) is 20.4 Å². The van der Waals surface area contributed by atoms with E-state index in [1.54, 1.807) is 0 Å². The lowest BCUT2D eigenvalue weighted by Crippen LogP contribution is -2.38. The highest BCUT2D eigenvalue weighted by Crippen LogP contribution is 2.08. The van der Waals surface area contributed by atoms with Crippen LogP contribution in [0.1, 0.15) is 18.9 Å². The fourth-order valence-corrected chi connectivity index (χ4v) is 2.23. The van der Waals surface area contributed by atoms with E-state index in [0.717, 1.165) is 44.2 Å². The van der Waals surface area contributed by atoms with Crippen LogP contribution in [0.4, 0.5) is 0 Å². The van der Waals surface area contributed by atoms with E-state index in [2.05, 4.69) is 27.6 Å². The molecule has 1 aromatic heterocycles. The maximum absolute atomic E-state index is 5.67. The zero-order valence-electron chi connectivity index (χ0n) is 14.9. The molecule has 0 saturated carbocycles. The van der Waals surface area contributed by atoms with Crippen LogP contribution in [0.15, 0.2) is 47.7 Å². The minimum absolute atomic E-state index is 0. The van der Waals surface area contributed by atoms with Crippen LogP contribution in [-0.4, -0.2) is 42.0 Å². The first-order valence-corrected chi connectivity index (χ1v) is 8.45. The fraction of sp³-hybridized carbons (Fsp3) is 0.444. The Kier molecular flexibility index (Phi) is 10.7. The number of guanidine groups is 1. The third-order valence-corrected chi connectivity index (χ3v) is 3.39. The van der Waals surface area contributed by atoms with E-state index in [0.29, 0.717) is 6.61 Å². The molecule has 0 bridgehead atoms. The van der Waals surface area contributed by atoms with Crippen LogP contribution in [0.25, 0.3) is 0 Å². The number of hydrogen-bond acceptors (Lipinski definition) is 3. The number of benzene rings is 1. The molecule has 0 aliphatic rings. The van der Waals surface area contributed by atoms with Crippen molar-refractivity contribution in [2.75, 3.05) is 26.2 Å². The first-order chi connectivity index (χ1) is 11.8. The van der Waals surface area contributed by atoms with Crippen LogP contribution in [0.3, 0.4) is 0 Å². The van der Waals surface area contributed by atoms with Gasteiger partial charge in [-0.1, -0.05) is 18.2 Å². The molecule has 2 N–H and O–H groups in total. The Morgan fingerprint density at radius 3 is 2.72 bits per heavy atom. The number of nitrogens with zero attached hydrogens (tertiary/aromatic N) is 3. The molecule has 7 heteroatoms. The van der Waals surface area contributed by atoms with Gasteiger partial charge in [-0.2, -0.15) is 5.10 Å². The zero-order chi connectivity index (χ0) is 17.0. The van der Waals surface area contributed by atoms with Crippen LogP contribution in [0.2, 0.25) is 0 Å². The second-order valence-corrected chi connectivity index (χ2v) is 5.47. The highest BCUT2D eigenvalue weighted by atomic mass is 127. The van der Waals surface area contributed by atoms with Crippen molar-refractivity contribution < 1.29 is 4.74 Å². The molecule has 0 radical (unpaired) electrons. The first-order valence-electron chi connectivity index (χ1n) is 8.45. The van der Waals surface area contributed by atoms with Gasteiger partial charge in [-0.15, -0.1) is 24.0 Å². The van der Waals surface area contributed by atoms with Crippen molar-refractivity contribution in [2.45, 2.75) is 19.8 Å². The largest absolute Gasteiger partial charge is 0.494 e. The van der Waals surface area contributed by atoms with Gasteiger partial charge in [0.15, 0.2) is 5.96 Å². The summed E-state index contributed by atoms with van der Waals surface area (Å²) in [4.78, 5) is 4.57. The zero-order valence-corrected chi connectivity index (χ0v) is 17.3. The predicted molar refractivity (Wildman–Crippen MR) is 113 cm³/mol. The minimum atomic E-state index is 0. The smallest absolute Gasteiger partial charge is 0.191 e. The molecule has 1 heterocycles. The summed E-state index contributed by atoms with van der Waals surface area (Å²) < 4.78 is 7.49. The molecule has 1 aromatic carbocycles. The minimum Gasteiger partial charge on any atom is -0.494 e. The Hall–Kier alpha value is -1.77. The average Bonchev–Trinajstić information content (AvgIpc) is 3.01. The summed E-state index contributed by atoms with van der Waals surface area (Å²) in [6.07, 6.45) is 5.74. The van der Waals surface area contributed by atoms with E-state index >= 15 is 0 Å². The van der Waals surface area contributed by atoms with Crippen LogP contribution < -0.4 is 15.4 Å². The summed E-state index contributed by atoms with van der Waals surface area (Å²) >= 11 is 0. The highest BCUT2D eigenvalue weighted by Gasteiger charge is 1.99. The number of aryl methyl sites for hydroxylation is 1. The molecule has 0 unspecified atom stereocenters. The highest BCUT2D eigenvalue weighted by molar-refractivity contribution is 14.0. The molecular formula is C18H28IN5O. The lowest BCUT2D eigenvalue weighted by Gasteiger charge is -2.11. The summed E-state index contributed by atoms with van der Waals surface area (Å²) in [6.45, 7) is 5.14. The van der Waals surface area contributed by atoms with Crippen molar-refractivity contribution in [3.63, 3.8) is 0 Å². The van der Waals surface area contributed by atoms with E-state index < -0.39 is 0 Å². The quantitative estimate of drug-likeness (QED) is 0.263. The van der Waals surface area contributed by atoms with Gasteiger partial charge >= 0.3 is 0 Å². The monoisotopic (exact) mass is 457 g/mol. The maximum atomic E-state index is 5.67. The van der Waals surface area contributed by atoms with Crippen molar-refractivity contribution in [1.29, 1.82) is 0 Å². The Morgan fingerprint density at radius 2 is 2.04 bits per heavy atom. The van der Waals surface area contributed by atoms with Gasteiger partial charge in [-0.3, -0.25) is 9.67 Å². The third kappa shape index (κ3) is 8.76. The van der Waals surface area contributed by atoms with Gasteiger partial charge in [0.05, 0.1) is 12.8 Å². The van der Waals surface area contributed by atoms with Crippen LogP contribution >= 0.6 is 24.0 Å². The second-order valence-electron chi connectivity index (χ2n) is 5.47. The summed E-state index contributed by atoms with van der Waals surface area (Å²) in [6, 6.07) is 9.86. The molecule has 0 amide bonds. The van der Waals surface area contributed by atoms with Gasteiger partial charge < -0.3 is 15.4 Å². The standard InChI is InChI=1S/C18H27N5O.HI/c1-3-19-18(21-12-10-16-14-22-23(2)15-16)20-11-7-13-24-17-8-5-4-6-9-17;/h4-6,8-9,14-15H,3,7,10-13H2,1-2H3,(H2,19,20,21);1H. The van der Waals surface area contributed by atoms with Crippen molar-refractivity contribution >= 4 is 29.9 Å². The number of aromatic nitrogens is 2. The van der Waals surface area contributed by atoms with E-state index in [-0.39, 0.29) is 24.0 Å². The predicted octanol–water partition coefficient (Wildman–Crippen LogP) is 2.60. The molecule has 0 fully saturated rings. The Bertz CT molecular complexity index is 615. The van der Waals surface area contributed by atoms with Crippen molar-refractivity contribution in [3.8, 4) is 5.75 Å². The first kappa shape index (κ1) is 21.3. The molecule has 138 valence electrons. The lowest BCUT2D eigenvalue weighted by atomic mass is 10.2. The summed E-state index contributed by atoms with van der Waals surface area (Å²) in [5, 5.41) is 10.8. The van der Waals surface area contributed by atoms with Crippen molar-refractivity contribution in [3.05, 3.63) is 48.3 Å². The average molecular weight is 457 g/mol. The number of rotatable bonds is 9. The number of hydrogen-bond donors (Lipinski definition) is 2. The van der Waals surface area contributed by atoms with E-state index in [4.69, 9.17) is 4.74 Å². The van der Waals surface area contributed by atoms with Gasteiger partial charge in [0.2, 0.25) is 0 Å². The molecule has 6 nitrogen and oxygen atoms in total. The summed E-state index contributed by atoms with van der Waals surface area (Å²) in [5.74, 6) is 1.75. The molecular weight excluding hydrogens is 429 g/mol. The van der Waals surface area contributed by atoms with Crippen LogP contribution in [-0.2, 0) is 13.5 Å². The molecule has 0 aliphatic heterocycles. The van der Waals surface area contributed by atoms with Gasteiger partial charge in [0.1, 0.15) is 5.75 Å². The number of nitrogens with one attached hydrogen (secondary N) is 2. The van der Waals surface area contributed by atoms with Gasteiger partial charge in [0, 0.05) is 39.3 Å². The normalized spacial score (nSPS) is 10.9. The van der Waals surface area contributed by atoms with Crippen LogP contribution in [0, 0.1) is 0 Å². The van der Waals surface area contributed by atoms with E-state index in [1.807, 2.05) is 54.5 Å². The molecule has 25 heavy (non-hydrogen) atoms. The third-order valence-electron chi connectivity index (χ3n) is 3.39. The maximum Gasteiger partial charge on any atom is 0.191 e. The molecule has 0 aliphatic carbocycles. The molecule has 0 atom stereocenters. The molecule has 2 aromatic rings. The number of halogens is 1. The summed E-state index contributed by atoms with van der Waals surface area (Å²) in [5.41, 5.74) is 1.22. The van der Waals surface area contributed by atoms with Gasteiger partial charge in [-0.25, -0.2) is 0 Å². The lowest BCUT2D eigenvalue weighted by molar-refractivity contribution is 0.313. The molecule has 2 rings (SSSR count). The number of aliphatic imine (C=N–C) groups is 1. The topological polar surface area (TPSA) is 63.5 Å². The number of para-hydroxylation sites is 1. The second kappa shape index (κ2) is 12.6. The fourth-order valence-electron chi connectivity index (χ4n) is 2.23. The molecule has 0 spiro atoms. The van der Waals surface area contributed by atoms with E-state index in [1.165, 1.54) is 5.56 Å². The van der Waals surface area contributed by atoms with Gasteiger partial charge in [-0.05, 0) is 31.0 Å². The van der Waals surface area contributed by atoms with Crippen molar-refractivity contribution in [2.24, 2.45) is 12.0 Å². The molecule has 0 saturated heterocycles. The Balaban J connectivity index is 0.00000312. The number of ether oxygens (including phenoxy) is 1. The van der Waals surface area contributed by atoms with Gasteiger partial charge in [0.25, 0.3) is 0 Å².